The molecular weight excluding hydrogens is 746 g/mol. The summed E-state index contributed by atoms with van der Waals surface area (Å²) in [7, 11) is 0. The van der Waals surface area contributed by atoms with E-state index in [1.165, 1.54) is 0 Å². The number of aromatic nitrogens is 2. The molecule has 1 amide bonds. The summed E-state index contributed by atoms with van der Waals surface area (Å²) in [5.74, 6) is -7.66. The first-order chi connectivity index (χ1) is 28.0. The number of nitrogen functional groups attached to an aromatic ring is 2. The van der Waals surface area contributed by atoms with Gasteiger partial charge in [-0.2, -0.15) is 0 Å². The molecule has 298 valence electrons. The molecule has 5 N–H and O–H groups in total. The maximum Gasteiger partial charge on any atom is 0.329 e. The molecule has 1 aromatic heterocycles. The van der Waals surface area contributed by atoms with Crippen LogP contribution in [-0.2, 0) is 64.6 Å². The highest BCUT2D eigenvalue weighted by atomic mass is 16.5. The van der Waals surface area contributed by atoms with E-state index in [1.54, 1.807) is 115 Å². The third kappa shape index (κ3) is 12.8. The molecule has 5 aromatic rings. The highest BCUT2D eigenvalue weighted by Crippen LogP contribution is 2.22. The fraction of sp³-hybridized carbons (Fsp3) is 0.209. The Morgan fingerprint density at radius 1 is 0.483 bits per heavy atom. The second-order valence-corrected chi connectivity index (χ2v) is 12.9. The maximum absolute atomic E-state index is 13.6. The largest absolute Gasteiger partial charge is 0.461 e. The lowest BCUT2D eigenvalue weighted by Gasteiger charge is -2.18. The lowest BCUT2D eigenvalue weighted by Crippen LogP contribution is -2.44. The average Bonchev–Trinajstić information content (AvgIpc) is 3.24. The number of nitrogens with one attached hydrogen (secondary N) is 1. The number of rotatable bonds is 19. The number of ether oxygens (including phenoxy) is 4. The van der Waals surface area contributed by atoms with Gasteiger partial charge in [0.25, 0.3) is 5.91 Å². The predicted molar refractivity (Wildman–Crippen MR) is 209 cm³/mol. The summed E-state index contributed by atoms with van der Waals surface area (Å²) in [4.78, 5) is 87.2. The normalized spacial score (nSPS) is 11.7. The number of carbonyl (C=O) groups excluding carboxylic acids is 6. The first-order valence-electron chi connectivity index (χ1n) is 18.1. The maximum atomic E-state index is 13.6. The number of hydrogen-bond donors (Lipinski definition) is 3. The van der Waals surface area contributed by atoms with Crippen molar-refractivity contribution >= 4 is 47.2 Å². The summed E-state index contributed by atoms with van der Waals surface area (Å²) in [5, 5.41) is 2.39. The highest BCUT2D eigenvalue weighted by molar-refractivity contribution is 6.04. The van der Waals surface area contributed by atoms with Crippen LogP contribution in [0.3, 0.4) is 0 Å². The quantitative estimate of drug-likeness (QED) is 0.0587. The number of esters is 4. The molecule has 0 saturated carbocycles. The van der Waals surface area contributed by atoms with Crippen LogP contribution in [0.1, 0.15) is 62.5 Å². The number of Topliss-reactive ketones (excluding diaryl/α,β-unsaturated/α-hetero) is 1. The van der Waals surface area contributed by atoms with Crippen molar-refractivity contribution in [3.05, 3.63) is 155 Å². The van der Waals surface area contributed by atoms with Gasteiger partial charge < -0.3 is 35.7 Å². The molecule has 0 fully saturated rings. The van der Waals surface area contributed by atoms with Crippen molar-refractivity contribution < 1.29 is 47.7 Å². The number of anilines is 2. The summed E-state index contributed by atoms with van der Waals surface area (Å²) in [5.41, 5.74) is 13.9. The number of amides is 1. The van der Waals surface area contributed by atoms with Crippen molar-refractivity contribution in [3.8, 4) is 0 Å². The van der Waals surface area contributed by atoms with Gasteiger partial charge in [0.1, 0.15) is 32.5 Å². The monoisotopic (exact) mass is 787 g/mol. The van der Waals surface area contributed by atoms with E-state index in [0.29, 0.717) is 16.7 Å². The minimum Gasteiger partial charge on any atom is -0.461 e. The van der Waals surface area contributed by atoms with E-state index in [9.17, 15) is 28.8 Å². The van der Waals surface area contributed by atoms with Crippen molar-refractivity contribution in [1.82, 2.24) is 15.3 Å². The Morgan fingerprint density at radius 2 is 0.862 bits per heavy atom. The van der Waals surface area contributed by atoms with Crippen LogP contribution in [-0.4, -0.2) is 51.6 Å². The Morgan fingerprint density at radius 3 is 1.33 bits per heavy atom. The minimum atomic E-state index is -1.55. The van der Waals surface area contributed by atoms with Gasteiger partial charge in [0.05, 0.1) is 18.8 Å². The average molecular weight is 788 g/mol. The number of nitrogens with two attached hydrogens (primary N) is 2. The molecule has 5 rings (SSSR count). The molecule has 0 radical (unpaired) electrons. The summed E-state index contributed by atoms with van der Waals surface area (Å²) in [6.45, 7) is -0.404. The van der Waals surface area contributed by atoms with Crippen LogP contribution in [0.5, 0.6) is 0 Å². The van der Waals surface area contributed by atoms with Crippen LogP contribution < -0.4 is 16.8 Å². The fourth-order valence-corrected chi connectivity index (χ4v) is 5.45. The lowest BCUT2D eigenvalue weighted by molar-refractivity contribution is -0.156. The van der Waals surface area contributed by atoms with Crippen molar-refractivity contribution in [2.75, 3.05) is 11.5 Å². The van der Waals surface area contributed by atoms with Crippen LogP contribution >= 0.6 is 0 Å². The zero-order valence-electron chi connectivity index (χ0n) is 31.3. The highest BCUT2D eigenvalue weighted by Gasteiger charge is 2.32. The van der Waals surface area contributed by atoms with Crippen molar-refractivity contribution in [3.63, 3.8) is 0 Å². The van der Waals surface area contributed by atoms with E-state index in [4.69, 9.17) is 30.4 Å². The molecule has 1 heterocycles. The van der Waals surface area contributed by atoms with E-state index >= 15 is 0 Å². The number of benzene rings is 4. The van der Waals surface area contributed by atoms with Gasteiger partial charge in [-0.15, -0.1) is 0 Å². The molecule has 0 aliphatic heterocycles. The topological polar surface area (TPSA) is 229 Å². The van der Waals surface area contributed by atoms with Gasteiger partial charge in [-0.25, -0.2) is 14.8 Å². The summed E-state index contributed by atoms with van der Waals surface area (Å²) < 4.78 is 21.5. The zero-order chi connectivity index (χ0) is 41.3. The Balaban J connectivity index is 1.28. The Bertz CT molecular complexity index is 2030. The Kier molecular flexibility index (Phi) is 15.1. The first kappa shape index (κ1) is 41.7. The number of nitrogens with zero attached hydrogens (tertiary/aromatic N) is 2. The van der Waals surface area contributed by atoms with Crippen LogP contribution in [0, 0.1) is 5.92 Å². The molecule has 0 aliphatic carbocycles. The van der Waals surface area contributed by atoms with Crippen molar-refractivity contribution in [1.29, 1.82) is 0 Å². The third-order valence-corrected chi connectivity index (χ3v) is 8.50. The Labute approximate surface area is 333 Å². The van der Waals surface area contributed by atoms with Gasteiger partial charge in [-0.05, 0) is 22.3 Å². The predicted octanol–water partition coefficient (Wildman–Crippen LogP) is 4.68. The van der Waals surface area contributed by atoms with E-state index in [0.717, 1.165) is 5.56 Å². The third-order valence-electron chi connectivity index (χ3n) is 8.50. The van der Waals surface area contributed by atoms with Gasteiger partial charge in [0, 0.05) is 6.42 Å². The van der Waals surface area contributed by atoms with E-state index in [-0.39, 0.29) is 26.4 Å². The second kappa shape index (κ2) is 21.0. The molecule has 0 aliphatic rings. The van der Waals surface area contributed by atoms with Gasteiger partial charge >= 0.3 is 23.9 Å². The molecule has 4 aromatic carbocycles. The summed E-state index contributed by atoms with van der Waals surface area (Å²) in [6, 6.07) is 33.7. The van der Waals surface area contributed by atoms with Crippen LogP contribution in [0.25, 0.3) is 0 Å². The summed E-state index contributed by atoms with van der Waals surface area (Å²) >= 11 is 0. The minimum absolute atomic E-state index is 0.0572. The fourth-order valence-electron chi connectivity index (χ4n) is 5.45. The first-order valence-corrected chi connectivity index (χ1v) is 18.1. The Hall–Kier alpha value is -7.42. The molecule has 0 bridgehead atoms. The second-order valence-electron chi connectivity index (χ2n) is 12.9. The van der Waals surface area contributed by atoms with Crippen molar-refractivity contribution in [2.45, 2.75) is 51.7 Å². The van der Waals surface area contributed by atoms with Gasteiger partial charge in [-0.1, -0.05) is 121 Å². The molecule has 0 unspecified atom stereocenters. The molecule has 0 spiro atoms. The standard InChI is InChI=1S/C43H41N5O10/c44-39-37(34(49)21-32(42(53)57-26-30-17-9-3-10-18-30)22-35(50)55-24-28-13-5-1-6-14-28)47-40(45)38(48-39)41(52)46-33(43(54)58-27-31-19-11-4-12-20-31)23-36(51)56-25-29-15-7-2-8-16-29/h1-20,32-33H,21-27H2,(H2,44,48)(H2,45,47)(H,46,52)/t32-,33-/m1/s1. The molecule has 15 nitrogen and oxygen atoms in total. The summed E-state index contributed by atoms with van der Waals surface area (Å²) in [6.07, 6.45) is -1.72. The number of hydrogen-bond acceptors (Lipinski definition) is 14. The molecular formula is C43H41N5O10. The van der Waals surface area contributed by atoms with Gasteiger partial charge in [0.15, 0.2) is 28.8 Å². The van der Waals surface area contributed by atoms with Crippen LogP contribution in [0.2, 0.25) is 0 Å². The molecule has 2 atom stereocenters. The number of carbonyl (C=O) groups is 6. The van der Waals surface area contributed by atoms with E-state index in [1.807, 2.05) is 6.07 Å². The SMILES string of the molecule is Nc1nc(C(=O)N[C@H](CC(=O)OCc2ccccc2)C(=O)OCc2ccccc2)c(N)nc1C(=O)C[C@H](CC(=O)OCc1ccccc1)C(=O)OCc1ccccc1. The van der Waals surface area contributed by atoms with Gasteiger partial charge in [-0.3, -0.25) is 24.0 Å². The zero-order valence-corrected chi connectivity index (χ0v) is 31.3. The van der Waals surface area contributed by atoms with E-state index < -0.39 is 89.8 Å². The van der Waals surface area contributed by atoms with Crippen LogP contribution in [0.15, 0.2) is 121 Å². The lowest BCUT2D eigenvalue weighted by atomic mass is 9.97. The number of ketones is 1. The van der Waals surface area contributed by atoms with Crippen LogP contribution in [0.4, 0.5) is 11.6 Å². The van der Waals surface area contributed by atoms with E-state index in [2.05, 4.69) is 15.3 Å². The molecule has 58 heavy (non-hydrogen) atoms. The van der Waals surface area contributed by atoms with Crippen molar-refractivity contribution in [2.24, 2.45) is 5.92 Å². The van der Waals surface area contributed by atoms with Gasteiger partial charge in [0.2, 0.25) is 0 Å². The smallest absolute Gasteiger partial charge is 0.329 e. The molecule has 15 heteroatoms. The molecule has 0 saturated heterocycles.